The lowest BCUT2D eigenvalue weighted by molar-refractivity contribution is -0.120. The Morgan fingerprint density at radius 3 is 2.43 bits per heavy atom. The van der Waals surface area contributed by atoms with Crippen molar-refractivity contribution in [2.24, 2.45) is 16.6 Å². The number of nitrogens with one attached hydrogen (secondary N) is 1. The van der Waals surface area contributed by atoms with Crippen molar-refractivity contribution < 1.29 is 32.6 Å². The van der Waals surface area contributed by atoms with E-state index < -0.39 is 62.5 Å². The molecule has 2 amide bonds. The lowest BCUT2D eigenvalue weighted by Gasteiger charge is -2.30. The zero-order chi connectivity index (χ0) is 33.2. The maximum absolute atomic E-state index is 16.1. The first-order valence-electron chi connectivity index (χ1n) is 15.7. The van der Waals surface area contributed by atoms with Crippen molar-refractivity contribution in [2.45, 2.75) is 74.5 Å². The summed E-state index contributed by atoms with van der Waals surface area (Å²) in [4.78, 5) is 35.0. The molecular weight excluding hydrogens is 635 g/mol. The van der Waals surface area contributed by atoms with Gasteiger partial charge in [-0.15, -0.1) is 0 Å². The van der Waals surface area contributed by atoms with Crippen molar-refractivity contribution in [1.82, 2.24) is 10.3 Å². The molecule has 7 rings (SSSR count). The Morgan fingerprint density at radius 1 is 1.09 bits per heavy atom. The third-order valence-electron chi connectivity index (χ3n) is 9.40. The number of hydrogen-bond acceptors (Lipinski definition) is 7. The quantitative estimate of drug-likeness (QED) is 0.120. The lowest BCUT2D eigenvalue weighted by Crippen LogP contribution is -2.43. The number of carbonyl (C=O) groups excluding carboxylic acids is 2. The molecule has 4 fully saturated rings. The molecule has 1 aromatic heterocycles. The normalized spacial score (nSPS) is 19.8. The highest BCUT2D eigenvalue weighted by Crippen LogP contribution is 2.52. The molecule has 4 saturated carbocycles. The molecule has 9 nitrogen and oxygen atoms in total. The van der Waals surface area contributed by atoms with Crippen molar-refractivity contribution in [2.75, 3.05) is 12.3 Å². The highest BCUT2D eigenvalue weighted by molar-refractivity contribution is 6.31. The van der Waals surface area contributed by atoms with Crippen LogP contribution in [0.4, 0.5) is 18.9 Å². The second-order valence-electron chi connectivity index (χ2n) is 13.1. The van der Waals surface area contributed by atoms with Gasteiger partial charge >= 0.3 is 0 Å². The maximum atomic E-state index is 16.1. The molecule has 6 N–H and O–H groups in total. The molecule has 13 heteroatoms. The Hall–Kier alpha value is -4.16. The average Bonchev–Trinajstić information content (AvgIpc) is 3.87. The highest BCUT2D eigenvalue weighted by atomic mass is 35.5. The number of pyridine rings is 1. The van der Waals surface area contributed by atoms with Crippen LogP contribution in [0.25, 0.3) is 11.3 Å². The molecule has 0 spiro atoms. The summed E-state index contributed by atoms with van der Waals surface area (Å²) in [6, 6.07) is 6.06. The van der Waals surface area contributed by atoms with Crippen molar-refractivity contribution >= 4 is 35.3 Å². The molecule has 4 aliphatic rings. The van der Waals surface area contributed by atoms with Crippen LogP contribution >= 0.6 is 11.6 Å². The number of benzene rings is 2. The summed E-state index contributed by atoms with van der Waals surface area (Å²) in [6.45, 7) is -0.348. The molecule has 1 heterocycles. The van der Waals surface area contributed by atoms with Crippen molar-refractivity contribution in [3.05, 3.63) is 75.2 Å². The van der Waals surface area contributed by atoms with E-state index in [9.17, 15) is 19.1 Å². The first kappa shape index (κ1) is 31.4. The Bertz CT molecular complexity index is 1840. The van der Waals surface area contributed by atoms with E-state index in [4.69, 9.17) is 27.8 Å². The minimum absolute atomic E-state index is 0.0210. The van der Waals surface area contributed by atoms with Crippen LogP contribution in [0.5, 0.6) is 5.75 Å². The minimum atomic E-state index is -1.85. The Labute approximate surface area is 273 Å². The molecule has 2 aromatic carbocycles. The van der Waals surface area contributed by atoms with Gasteiger partial charge in [-0.2, -0.15) is 0 Å². The van der Waals surface area contributed by atoms with Crippen molar-refractivity contribution in [3.63, 3.8) is 0 Å². The number of nitrogens with two attached hydrogens (primary N) is 2. The van der Waals surface area contributed by atoms with Gasteiger partial charge in [0.25, 0.3) is 5.91 Å². The van der Waals surface area contributed by atoms with Gasteiger partial charge < -0.3 is 26.6 Å². The van der Waals surface area contributed by atoms with Gasteiger partial charge in [-0.05, 0) is 81.5 Å². The van der Waals surface area contributed by atoms with Gasteiger partial charge in [-0.1, -0.05) is 11.6 Å². The summed E-state index contributed by atoms with van der Waals surface area (Å²) in [6.07, 6.45) is 7.02. The summed E-state index contributed by atoms with van der Waals surface area (Å²) in [5, 5.41) is 14.5. The number of anilines is 1. The molecule has 47 heavy (non-hydrogen) atoms. The van der Waals surface area contributed by atoms with Crippen molar-refractivity contribution in [1.29, 1.82) is 0 Å². The van der Waals surface area contributed by atoms with Crippen LogP contribution < -0.4 is 21.5 Å². The van der Waals surface area contributed by atoms with Gasteiger partial charge in [0.1, 0.15) is 28.7 Å². The third-order valence-corrected chi connectivity index (χ3v) is 9.69. The van der Waals surface area contributed by atoms with E-state index in [-0.39, 0.29) is 48.4 Å². The number of primary amides is 1. The standard InChI is InChI=1S/C34H33ClF3N5O4/c35-23-11-21(24(36)13-25(23)37)30-28(38)22(33(7-8-33)32(40)45)12-27(43-30)34(46,18-1-2-18)15-42-31(44)16-9-17(14-41-19-3-4-19)29(39)26(10-16)47-20-5-6-20/h9-14,18-20,46H,1-8,15,39H2,(H2,40,45)(H,42,44)/t34-/m1/s1. The molecule has 0 unspecified atom stereocenters. The summed E-state index contributed by atoms with van der Waals surface area (Å²) in [5.74, 6) is -4.57. The molecule has 0 saturated heterocycles. The number of halogens is 4. The van der Waals surface area contributed by atoms with Gasteiger partial charge in [0.2, 0.25) is 5.91 Å². The number of ether oxygens (including phenoxy) is 1. The number of aliphatic hydroxyl groups is 1. The SMILES string of the molecule is NC(=O)C1(c2cc([C@@](O)(CNC(=O)c3cc(C=NC4CC4)c(N)c(OC4CC4)c3)C3CC3)nc(-c3cc(Cl)c(F)cc3F)c2F)CC1. The number of aliphatic imine (C=N–C) groups is 1. The van der Waals surface area contributed by atoms with E-state index in [0.29, 0.717) is 35.9 Å². The smallest absolute Gasteiger partial charge is 0.251 e. The number of nitrogens with zero attached hydrogens (tertiary/aromatic N) is 2. The van der Waals surface area contributed by atoms with Crippen LogP contribution in [0.3, 0.4) is 0 Å². The van der Waals surface area contributed by atoms with Gasteiger partial charge in [-0.25, -0.2) is 18.2 Å². The lowest BCUT2D eigenvalue weighted by atomic mass is 9.86. The third kappa shape index (κ3) is 6.04. The molecule has 1 atom stereocenters. The zero-order valence-corrected chi connectivity index (χ0v) is 26.0. The number of amides is 2. The van der Waals surface area contributed by atoms with E-state index in [1.807, 2.05) is 0 Å². The fraction of sp³-hybridized carbons (Fsp3) is 0.412. The average molecular weight is 668 g/mol. The zero-order valence-electron chi connectivity index (χ0n) is 25.3. The predicted molar refractivity (Wildman–Crippen MR) is 169 cm³/mol. The number of carbonyl (C=O) groups is 2. The first-order chi connectivity index (χ1) is 22.4. The molecule has 0 bridgehead atoms. The van der Waals surface area contributed by atoms with E-state index in [1.54, 1.807) is 18.3 Å². The molecule has 4 aliphatic carbocycles. The van der Waals surface area contributed by atoms with Crippen LogP contribution in [0.2, 0.25) is 5.02 Å². The summed E-state index contributed by atoms with van der Waals surface area (Å²) in [7, 11) is 0. The van der Waals surface area contributed by atoms with Gasteiger partial charge in [-0.3, -0.25) is 14.6 Å². The van der Waals surface area contributed by atoms with Crippen LogP contribution in [0.15, 0.2) is 35.3 Å². The van der Waals surface area contributed by atoms with Crippen LogP contribution in [-0.2, 0) is 15.8 Å². The fourth-order valence-corrected chi connectivity index (χ4v) is 6.00. The number of nitrogen functional groups attached to an aromatic ring is 1. The summed E-state index contributed by atoms with van der Waals surface area (Å²) in [5.41, 5.74) is 8.69. The second kappa shape index (κ2) is 11.5. The number of aromatic nitrogens is 1. The van der Waals surface area contributed by atoms with Crippen LogP contribution in [-0.4, -0.2) is 46.8 Å². The molecular formula is C34H33ClF3N5O4. The Balaban J connectivity index is 1.25. The summed E-state index contributed by atoms with van der Waals surface area (Å²) < 4.78 is 51.2. The van der Waals surface area contributed by atoms with Crippen LogP contribution in [0.1, 0.15) is 78.5 Å². The second-order valence-corrected chi connectivity index (χ2v) is 13.5. The topological polar surface area (TPSA) is 153 Å². The summed E-state index contributed by atoms with van der Waals surface area (Å²) >= 11 is 5.93. The molecule has 246 valence electrons. The first-order valence-corrected chi connectivity index (χ1v) is 16.1. The largest absolute Gasteiger partial charge is 0.488 e. The van der Waals surface area contributed by atoms with E-state index >= 15 is 8.78 Å². The van der Waals surface area contributed by atoms with Crippen molar-refractivity contribution in [3.8, 4) is 17.0 Å². The molecule has 0 aliphatic heterocycles. The Kier molecular flexibility index (Phi) is 7.70. The predicted octanol–water partition coefficient (Wildman–Crippen LogP) is 5.07. The maximum Gasteiger partial charge on any atom is 0.251 e. The number of rotatable bonds is 12. The van der Waals surface area contributed by atoms with Gasteiger partial charge in [0.15, 0.2) is 5.82 Å². The fourth-order valence-electron chi connectivity index (χ4n) is 5.84. The van der Waals surface area contributed by atoms with Crippen LogP contribution in [0, 0.1) is 23.4 Å². The molecule has 0 radical (unpaired) electrons. The monoisotopic (exact) mass is 667 g/mol. The van der Waals surface area contributed by atoms with Gasteiger partial charge in [0, 0.05) is 34.5 Å². The van der Waals surface area contributed by atoms with E-state index in [1.165, 1.54) is 6.07 Å². The molecule has 3 aromatic rings. The highest BCUT2D eigenvalue weighted by Gasteiger charge is 2.54. The Morgan fingerprint density at radius 2 is 1.81 bits per heavy atom. The van der Waals surface area contributed by atoms with E-state index in [0.717, 1.165) is 31.7 Å². The number of hydrogen-bond donors (Lipinski definition) is 4. The minimum Gasteiger partial charge on any atom is -0.488 e. The van der Waals surface area contributed by atoms with Gasteiger partial charge in [0.05, 0.1) is 40.5 Å². The van der Waals surface area contributed by atoms with E-state index in [2.05, 4.69) is 15.3 Å².